The Hall–Kier alpha value is -2.03. The highest BCUT2D eigenvalue weighted by Crippen LogP contribution is 2.48. The number of hydrogen-bond donors (Lipinski definition) is 1. The van der Waals surface area contributed by atoms with E-state index in [1.54, 1.807) is 11.8 Å². The Balaban J connectivity index is 1.35. The van der Waals surface area contributed by atoms with Crippen molar-refractivity contribution in [2.24, 2.45) is 0 Å². The quantitative estimate of drug-likeness (QED) is 0.593. The van der Waals surface area contributed by atoms with Gasteiger partial charge in [0.15, 0.2) is 4.34 Å². The van der Waals surface area contributed by atoms with E-state index in [1.807, 2.05) is 41.3 Å². The minimum Gasteiger partial charge on any atom is -0.357 e. The van der Waals surface area contributed by atoms with E-state index >= 15 is 0 Å². The summed E-state index contributed by atoms with van der Waals surface area (Å²) >= 11 is 4.67. The highest BCUT2D eigenvalue weighted by molar-refractivity contribution is 8.01. The first-order valence-corrected chi connectivity index (χ1v) is 11.3. The van der Waals surface area contributed by atoms with Crippen LogP contribution < -0.4 is 10.2 Å². The smallest absolute Gasteiger partial charge is 0.242 e. The van der Waals surface area contributed by atoms with Crippen molar-refractivity contribution in [1.82, 2.24) is 10.2 Å². The van der Waals surface area contributed by atoms with Gasteiger partial charge in [-0.05, 0) is 37.1 Å². The van der Waals surface area contributed by atoms with Gasteiger partial charge in [0, 0.05) is 15.8 Å². The molecule has 0 unspecified atom stereocenters. The average Bonchev–Trinajstić information content (AvgIpc) is 3.40. The summed E-state index contributed by atoms with van der Waals surface area (Å²) in [5, 5.41) is 12.6. The first kappa shape index (κ1) is 17.1. The van der Waals surface area contributed by atoms with Gasteiger partial charge in [-0.3, -0.25) is 9.69 Å². The zero-order chi connectivity index (χ0) is 18.2. The van der Waals surface area contributed by atoms with Crippen LogP contribution in [0.1, 0.15) is 12.8 Å². The largest absolute Gasteiger partial charge is 0.357 e. The molecule has 0 radical (unpaired) electrons. The number of para-hydroxylation sites is 2. The van der Waals surface area contributed by atoms with E-state index in [-0.39, 0.29) is 5.91 Å². The van der Waals surface area contributed by atoms with Crippen molar-refractivity contribution < 1.29 is 4.79 Å². The molecule has 1 aliphatic carbocycles. The Bertz CT molecular complexity index is 956. The molecule has 3 aromatic rings. The van der Waals surface area contributed by atoms with Crippen LogP contribution in [0.25, 0.3) is 0 Å². The predicted molar refractivity (Wildman–Crippen MR) is 111 cm³/mol. The molecule has 0 spiro atoms. The number of aromatic nitrogens is 2. The van der Waals surface area contributed by atoms with Gasteiger partial charge in [-0.25, -0.2) is 0 Å². The van der Waals surface area contributed by atoms with Crippen LogP contribution in [0.4, 0.5) is 16.5 Å². The molecule has 0 saturated heterocycles. The Morgan fingerprint density at radius 1 is 1.07 bits per heavy atom. The number of benzene rings is 2. The molecule has 1 saturated carbocycles. The molecular formula is C19H16N4OS3. The van der Waals surface area contributed by atoms with Gasteiger partial charge in [0.25, 0.3) is 0 Å². The van der Waals surface area contributed by atoms with E-state index < -0.39 is 0 Å². The van der Waals surface area contributed by atoms with Crippen molar-refractivity contribution in [2.75, 3.05) is 16.0 Å². The molecular weight excluding hydrogens is 396 g/mol. The molecule has 1 N–H and O–H groups in total. The average molecular weight is 413 g/mol. The highest BCUT2D eigenvalue weighted by Gasteiger charge is 2.28. The van der Waals surface area contributed by atoms with Crippen LogP contribution in [0.3, 0.4) is 0 Å². The SMILES string of the molecule is O=C(CSc1nnc(NC2CC2)s1)N1c2ccccc2Sc2ccccc21. The van der Waals surface area contributed by atoms with E-state index in [0.29, 0.717) is 11.8 Å². The first-order chi connectivity index (χ1) is 13.3. The van der Waals surface area contributed by atoms with Crippen molar-refractivity contribution in [1.29, 1.82) is 0 Å². The lowest BCUT2D eigenvalue weighted by molar-refractivity contribution is -0.115. The Morgan fingerprint density at radius 2 is 1.74 bits per heavy atom. The molecule has 2 aliphatic rings. The Labute approximate surface area is 169 Å². The number of nitrogens with one attached hydrogen (secondary N) is 1. The molecule has 2 aromatic carbocycles. The molecule has 136 valence electrons. The summed E-state index contributed by atoms with van der Waals surface area (Å²) < 4.78 is 0.819. The number of anilines is 3. The summed E-state index contributed by atoms with van der Waals surface area (Å²) in [4.78, 5) is 17.2. The number of carbonyl (C=O) groups is 1. The van der Waals surface area contributed by atoms with E-state index in [4.69, 9.17) is 0 Å². The first-order valence-electron chi connectivity index (χ1n) is 8.69. The lowest BCUT2D eigenvalue weighted by Crippen LogP contribution is -2.29. The molecule has 1 fully saturated rings. The molecule has 5 nitrogen and oxygen atoms in total. The number of hydrogen-bond acceptors (Lipinski definition) is 7. The summed E-state index contributed by atoms with van der Waals surface area (Å²) in [6.45, 7) is 0. The maximum Gasteiger partial charge on any atom is 0.242 e. The van der Waals surface area contributed by atoms with Gasteiger partial charge in [0.2, 0.25) is 11.0 Å². The summed E-state index contributed by atoms with van der Waals surface area (Å²) in [5.41, 5.74) is 1.89. The number of amides is 1. The summed E-state index contributed by atoms with van der Waals surface area (Å²) in [6.07, 6.45) is 2.40. The van der Waals surface area contributed by atoms with Crippen LogP contribution in [0.5, 0.6) is 0 Å². The van der Waals surface area contributed by atoms with Crippen molar-refractivity contribution in [3.8, 4) is 0 Å². The molecule has 0 atom stereocenters. The third-order valence-electron chi connectivity index (χ3n) is 4.31. The molecule has 8 heteroatoms. The standard InChI is InChI=1S/C19H16N4OS3/c24-17(11-25-19-22-21-18(27-19)20-12-9-10-12)23-13-5-1-3-7-15(13)26-16-8-4-2-6-14(16)23/h1-8,12H,9-11H2,(H,20,21). The predicted octanol–water partition coefficient (Wildman–Crippen LogP) is 5.03. The Kier molecular flexibility index (Phi) is 4.55. The fourth-order valence-corrected chi connectivity index (χ4v) is 5.63. The van der Waals surface area contributed by atoms with Crippen LogP contribution in [0, 0.1) is 0 Å². The molecule has 1 aliphatic heterocycles. The van der Waals surface area contributed by atoms with Crippen molar-refractivity contribution in [3.63, 3.8) is 0 Å². The monoisotopic (exact) mass is 412 g/mol. The van der Waals surface area contributed by atoms with Gasteiger partial charge in [-0.15, -0.1) is 10.2 Å². The van der Waals surface area contributed by atoms with Crippen LogP contribution >= 0.6 is 34.9 Å². The van der Waals surface area contributed by atoms with E-state index in [9.17, 15) is 4.79 Å². The van der Waals surface area contributed by atoms with Crippen molar-refractivity contribution >= 4 is 57.3 Å². The molecule has 0 bridgehead atoms. The second-order valence-electron chi connectivity index (χ2n) is 6.35. The summed E-state index contributed by atoms with van der Waals surface area (Å²) in [7, 11) is 0. The molecule has 1 aromatic heterocycles. The topological polar surface area (TPSA) is 58.1 Å². The molecule has 5 rings (SSSR count). The minimum absolute atomic E-state index is 0.0482. The van der Waals surface area contributed by atoms with Crippen LogP contribution in [-0.2, 0) is 4.79 Å². The fourth-order valence-electron chi connectivity index (χ4n) is 2.89. The lowest BCUT2D eigenvalue weighted by Gasteiger charge is -2.30. The Morgan fingerprint density at radius 3 is 2.41 bits per heavy atom. The lowest BCUT2D eigenvalue weighted by atomic mass is 10.2. The zero-order valence-corrected chi connectivity index (χ0v) is 16.7. The van der Waals surface area contributed by atoms with Gasteiger partial charge in [0.05, 0.1) is 17.1 Å². The normalized spacial score (nSPS) is 15.2. The number of rotatable bonds is 5. The molecule has 27 heavy (non-hydrogen) atoms. The van der Waals surface area contributed by atoms with E-state index in [0.717, 1.165) is 30.6 Å². The van der Waals surface area contributed by atoms with Crippen LogP contribution in [0.2, 0.25) is 0 Å². The molecule has 2 heterocycles. The summed E-state index contributed by atoms with van der Waals surface area (Å²) in [6, 6.07) is 16.6. The second kappa shape index (κ2) is 7.18. The van der Waals surface area contributed by atoms with Gasteiger partial charge in [-0.1, -0.05) is 59.1 Å². The van der Waals surface area contributed by atoms with Crippen LogP contribution in [0.15, 0.2) is 62.7 Å². The zero-order valence-electron chi connectivity index (χ0n) is 14.3. The maximum atomic E-state index is 13.1. The number of carbonyl (C=O) groups excluding carboxylic acids is 1. The fraction of sp³-hybridized carbons (Fsp3) is 0.211. The maximum absolute atomic E-state index is 13.1. The third-order valence-corrected chi connectivity index (χ3v) is 7.41. The van der Waals surface area contributed by atoms with Gasteiger partial charge >= 0.3 is 0 Å². The minimum atomic E-state index is 0.0482. The number of thioether (sulfide) groups is 1. The third kappa shape index (κ3) is 3.56. The van der Waals surface area contributed by atoms with E-state index in [1.165, 1.54) is 35.9 Å². The van der Waals surface area contributed by atoms with Crippen molar-refractivity contribution in [3.05, 3.63) is 48.5 Å². The van der Waals surface area contributed by atoms with Gasteiger partial charge < -0.3 is 5.32 Å². The van der Waals surface area contributed by atoms with Crippen LogP contribution in [-0.4, -0.2) is 27.9 Å². The second-order valence-corrected chi connectivity index (χ2v) is 9.63. The number of nitrogens with zero attached hydrogens (tertiary/aromatic N) is 3. The highest BCUT2D eigenvalue weighted by atomic mass is 32.2. The van der Waals surface area contributed by atoms with Crippen molar-refractivity contribution in [2.45, 2.75) is 33.0 Å². The van der Waals surface area contributed by atoms with Gasteiger partial charge in [-0.2, -0.15) is 0 Å². The van der Waals surface area contributed by atoms with Gasteiger partial charge in [0.1, 0.15) is 0 Å². The molecule has 1 amide bonds. The van der Waals surface area contributed by atoms with E-state index in [2.05, 4.69) is 27.6 Å². The summed E-state index contributed by atoms with van der Waals surface area (Å²) in [5.74, 6) is 0.373. The number of fused-ring (bicyclic) bond motifs is 2.